The summed E-state index contributed by atoms with van der Waals surface area (Å²) in [4.78, 5) is 49.8. The number of carbonyl (C=O) groups is 3. The summed E-state index contributed by atoms with van der Waals surface area (Å²) in [6.07, 6.45) is 3.95. The third-order valence-corrected chi connectivity index (χ3v) is 4.06. The van der Waals surface area contributed by atoms with Gasteiger partial charge in [0.05, 0.1) is 17.0 Å². The summed E-state index contributed by atoms with van der Waals surface area (Å²) in [5.41, 5.74) is 2.16. The molecule has 1 aliphatic carbocycles. The monoisotopic (exact) mass is 309 g/mol. The van der Waals surface area contributed by atoms with E-state index in [0.717, 1.165) is 11.3 Å². The number of hydroxylamine groups is 2. The van der Waals surface area contributed by atoms with Gasteiger partial charge in [0.15, 0.2) is 0 Å². The fraction of sp³-hybridized carbons (Fsp3) is 0.188. The number of aromatic nitrogens is 2. The van der Waals surface area contributed by atoms with Crippen molar-refractivity contribution >= 4 is 17.8 Å². The zero-order chi connectivity index (χ0) is 16.0. The quantitative estimate of drug-likeness (QED) is 0.767. The fourth-order valence-electron chi connectivity index (χ4n) is 2.89. The minimum absolute atomic E-state index is 0.242. The molecule has 0 saturated carbocycles. The second kappa shape index (κ2) is 4.98. The smallest absolute Gasteiger partial charge is 0.329 e. The van der Waals surface area contributed by atoms with Crippen LogP contribution in [0.3, 0.4) is 0 Å². The van der Waals surface area contributed by atoms with Crippen molar-refractivity contribution < 1.29 is 19.2 Å². The Morgan fingerprint density at radius 2 is 1.83 bits per heavy atom. The van der Waals surface area contributed by atoms with Gasteiger partial charge in [0.2, 0.25) is 0 Å². The van der Waals surface area contributed by atoms with Gasteiger partial charge in [-0.1, -0.05) is 17.2 Å². The molecule has 7 heteroatoms. The number of amides is 2. The lowest BCUT2D eigenvalue weighted by molar-refractivity contribution is -0.173. The molecule has 4 rings (SSSR count). The zero-order valence-electron chi connectivity index (χ0n) is 11.9. The molecule has 0 bridgehead atoms. The number of hydrogen-bond acceptors (Lipinski definition) is 6. The average molecular weight is 309 g/mol. The van der Waals surface area contributed by atoms with E-state index in [0.29, 0.717) is 17.9 Å². The number of fused-ring (bicyclic) bond motifs is 2. The van der Waals surface area contributed by atoms with Crippen molar-refractivity contribution in [2.24, 2.45) is 5.92 Å². The summed E-state index contributed by atoms with van der Waals surface area (Å²) in [7, 11) is 0. The molecule has 2 aromatic rings. The molecule has 1 unspecified atom stereocenters. The van der Waals surface area contributed by atoms with Crippen molar-refractivity contribution in [1.82, 2.24) is 15.0 Å². The van der Waals surface area contributed by atoms with Gasteiger partial charge in [0.1, 0.15) is 6.33 Å². The van der Waals surface area contributed by atoms with Gasteiger partial charge >= 0.3 is 5.97 Å². The van der Waals surface area contributed by atoms with Crippen LogP contribution in [-0.2, 0) is 22.5 Å². The van der Waals surface area contributed by atoms with Crippen LogP contribution in [0.5, 0.6) is 0 Å². The van der Waals surface area contributed by atoms with E-state index in [2.05, 4.69) is 9.97 Å². The molecule has 1 aromatic heterocycles. The number of hydrogen-bond donors (Lipinski definition) is 0. The highest BCUT2D eigenvalue weighted by atomic mass is 16.7. The van der Waals surface area contributed by atoms with Crippen LogP contribution < -0.4 is 0 Å². The Balaban J connectivity index is 1.51. The predicted molar refractivity (Wildman–Crippen MR) is 76.0 cm³/mol. The maximum atomic E-state index is 12.3. The van der Waals surface area contributed by atoms with Gasteiger partial charge in [-0.25, -0.2) is 14.8 Å². The Morgan fingerprint density at radius 3 is 2.48 bits per heavy atom. The van der Waals surface area contributed by atoms with Crippen LogP contribution >= 0.6 is 0 Å². The largest absolute Gasteiger partial charge is 0.337 e. The molecule has 2 heterocycles. The van der Waals surface area contributed by atoms with Crippen LogP contribution in [0.25, 0.3) is 0 Å². The van der Waals surface area contributed by atoms with Gasteiger partial charge in [0, 0.05) is 18.3 Å². The SMILES string of the molecule is O=C(ON1C(=O)c2ccccc2C1=O)C1Cc2cncnc2C1. The lowest BCUT2D eigenvalue weighted by Crippen LogP contribution is -2.35. The summed E-state index contributed by atoms with van der Waals surface area (Å²) in [6, 6.07) is 6.37. The molecule has 23 heavy (non-hydrogen) atoms. The lowest BCUT2D eigenvalue weighted by Gasteiger charge is -2.15. The molecular weight excluding hydrogens is 298 g/mol. The second-order valence-electron chi connectivity index (χ2n) is 5.46. The van der Waals surface area contributed by atoms with E-state index in [9.17, 15) is 14.4 Å². The van der Waals surface area contributed by atoms with E-state index in [4.69, 9.17) is 4.84 Å². The average Bonchev–Trinajstić information content (AvgIpc) is 3.11. The molecule has 2 aliphatic rings. The molecule has 2 amide bonds. The van der Waals surface area contributed by atoms with Crippen molar-refractivity contribution in [3.8, 4) is 0 Å². The van der Waals surface area contributed by atoms with Crippen molar-refractivity contribution in [3.63, 3.8) is 0 Å². The van der Waals surface area contributed by atoms with Gasteiger partial charge in [-0.05, 0) is 24.1 Å². The van der Waals surface area contributed by atoms with E-state index in [1.165, 1.54) is 18.5 Å². The van der Waals surface area contributed by atoms with E-state index < -0.39 is 23.7 Å². The normalized spacial score (nSPS) is 18.8. The Morgan fingerprint density at radius 1 is 1.13 bits per heavy atom. The first-order valence-corrected chi connectivity index (χ1v) is 7.12. The number of nitrogens with zero attached hydrogens (tertiary/aromatic N) is 3. The molecule has 0 saturated heterocycles. The van der Waals surface area contributed by atoms with E-state index >= 15 is 0 Å². The van der Waals surface area contributed by atoms with Gasteiger partial charge in [-0.2, -0.15) is 0 Å². The topological polar surface area (TPSA) is 89.5 Å². The first-order chi connectivity index (χ1) is 11.1. The molecule has 1 atom stereocenters. The van der Waals surface area contributed by atoms with Gasteiger partial charge in [-0.3, -0.25) is 9.59 Å². The lowest BCUT2D eigenvalue weighted by atomic mass is 10.1. The molecule has 1 aromatic carbocycles. The molecule has 0 radical (unpaired) electrons. The first-order valence-electron chi connectivity index (χ1n) is 7.12. The van der Waals surface area contributed by atoms with Crippen LogP contribution in [0.2, 0.25) is 0 Å². The molecule has 0 fully saturated rings. The highest BCUT2D eigenvalue weighted by molar-refractivity contribution is 6.20. The molecule has 114 valence electrons. The zero-order valence-corrected chi connectivity index (χ0v) is 11.9. The van der Waals surface area contributed by atoms with E-state index in [-0.39, 0.29) is 11.1 Å². The van der Waals surface area contributed by atoms with E-state index in [1.807, 2.05) is 0 Å². The number of benzene rings is 1. The summed E-state index contributed by atoms with van der Waals surface area (Å²) in [6.45, 7) is 0. The van der Waals surface area contributed by atoms with Crippen LogP contribution in [0.4, 0.5) is 0 Å². The maximum absolute atomic E-state index is 12.3. The van der Waals surface area contributed by atoms with Gasteiger partial charge in [0.25, 0.3) is 11.8 Å². The van der Waals surface area contributed by atoms with Crippen molar-refractivity contribution in [2.45, 2.75) is 12.8 Å². The summed E-state index contributed by atoms with van der Waals surface area (Å²) >= 11 is 0. The van der Waals surface area contributed by atoms with Crippen LogP contribution in [0.15, 0.2) is 36.8 Å². The molecule has 1 aliphatic heterocycles. The van der Waals surface area contributed by atoms with Crippen molar-refractivity contribution in [1.29, 1.82) is 0 Å². The molecule has 0 spiro atoms. The maximum Gasteiger partial charge on any atom is 0.337 e. The van der Waals surface area contributed by atoms with Gasteiger partial charge < -0.3 is 4.84 Å². The summed E-state index contributed by atoms with van der Waals surface area (Å²) in [5.74, 6) is -2.31. The Hall–Kier alpha value is -3.09. The van der Waals surface area contributed by atoms with Crippen molar-refractivity contribution in [2.75, 3.05) is 0 Å². The van der Waals surface area contributed by atoms with Crippen LogP contribution in [-0.4, -0.2) is 32.8 Å². The van der Waals surface area contributed by atoms with E-state index in [1.54, 1.807) is 18.3 Å². The molecule has 0 N–H and O–H groups in total. The number of imide groups is 1. The third-order valence-electron chi connectivity index (χ3n) is 4.06. The van der Waals surface area contributed by atoms with Crippen LogP contribution in [0, 0.1) is 5.92 Å². The highest BCUT2D eigenvalue weighted by Gasteiger charge is 2.40. The summed E-state index contributed by atoms with van der Waals surface area (Å²) in [5, 5.41) is 0.543. The minimum Gasteiger partial charge on any atom is -0.329 e. The fourth-order valence-corrected chi connectivity index (χ4v) is 2.89. The number of carbonyl (C=O) groups excluding carboxylic acids is 3. The Bertz CT molecular complexity index is 789. The predicted octanol–water partition coefficient (Wildman–Crippen LogP) is 0.946. The second-order valence-corrected chi connectivity index (χ2v) is 5.46. The molecule has 7 nitrogen and oxygen atoms in total. The minimum atomic E-state index is -0.616. The first kappa shape index (κ1) is 13.6. The Kier molecular flexibility index (Phi) is 2.94. The highest BCUT2D eigenvalue weighted by Crippen LogP contribution is 2.27. The number of rotatable bonds is 2. The Labute approximate surface area is 130 Å². The molecular formula is C16H11N3O4. The standard InChI is InChI=1S/C16H11N3O4/c20-14-11-3-1-2-4-12(11)15(21)19(14)23-16(22)9-5-10-7-17-8-18-13(10)6-9/h1-4,7-9H,5-6H2. The summed E-state index contributed by atoms with van der Waals surface area (Å²) < 4.78 is 0. The van der Waals surface area contributed by atoms with Gasteiger partial charge in [-0.15, -0.1) is 0 Å². The van der Waals surface area contributed by atoms with Crippen molar-refractivity contribution in [3.05, 3.63) is 59.2 Å². The van der Waals surface area contributed by atoms with Crippen LogP contribution in [0.1, 0.15) is 32.0 Å². The third kappa shape index (κ3) is 2.09.